The van der Waals surface area contributed by atoms with Crippen molar-refractivity contribution in [2.75, 3.05) is 26.2 Å². The topological polar surface area (TPSA) is 78.5 Å². The number of carbonyl (C=O) groups excluding carboxylic acids is 1. The van der Waals surface area contributed by atoms with Crippen LogP contribution in [0.4, 0.5) is 0 Å². The largest absolute Gasteiger partial charge is 0.349 e. The van der Waals surface area contributed by atoms with E-state index in [2.05, 4.69) is 10.6 Å². The quantitative estimate of drug-likeness (QED) is 0.841. The molecule has 1 amide bonds. The van der Waals surface area contributed by atoms with E-state index in [0.29, 0.717) is 31.0 Å². The van der Waals surface area contributed by atoms with Crippen LogP contribution in [0.3, 0.4) is 0 Å². The molecule has 0 aromatic heterocycles. The van der Waals surface area contributed by atoms with Gasteiger partial charge in [0.2, 0.25) is 15.9 Å². The van der Waals surface area contributed by atoms with Gasteiger partial charge in [-0.3, -0.25) is 4.79 Å². The fourth-order valence-corrected chi connectivity index (χ4v) is 5.13. The van der Waals surface area contributed by atoms with Crippen LogP contribution in [-0.4, -0.2) is 50.3 Å². The third-order valence-electron chi connectivity index (χ3n) is 4.93. The van der Waals surface area contributed by atoms with Crippen LogP contribution < -0.4 is 10.6 Å². The van der Waals surface area contributed by atoms with Gasteiger partial charge in [0, 0.05) is 39.0 Å². The first-order valence-corrected chi connectivity index (χ1v) is 9.34. The second kappa shape index (κ2) is 5.89. The monoisotopic (exact) mass is 337 g/mol. The fourth-order valence-electron chi connectivity index (χ4n) is 3.64. The van der Waals surface area contributed by atoms with Gasteiger partial charge in [-0.25, -0.2) is 8.42 Å². The molecule has 1 aromatic rings. The molecule has 6 nitrogen and oxygen atoms in total. The zero-order valence-electron chi connectivity index (χ0n) is 13.5. The molecule has 0 bridgehead atoms. The second-order valence-corrected chi connectivity index (χ2v) is 8.53. The average Bonchev–Trinajstić information content (AvgIpc) is 2.89. The van der Waals surface area contributed by atoms with Gasteiger partial charge in [0.25, 0.3) is 0 Å². The lowest BCUT2D eigenvalue weighted by atomic mass is 9.81. The Morgan fingerprint density at radius 1 is 1.35 bits per heavy atom. The number of piperidine rings is 1. The minimum atomic E-state index is -3.48. The molecule has 7 heteroatoms. The van der Waals surface area contributed by atoms with E-state index < -0.39 is 10.0 Å². The van der Waals surface area contributed by atoms with Crippen molar-refractivity contribution < 1.29 is 13.2 Å². The van der Waals surface area contributed by atoms with Crippen LogP contribution in [0.25, 0.3) is 0 Å². The van der Waals surface area contributed by atoms with Crippen LogP contribution in [0, 0.1) is 12.8 Å². The van der Waals surface area contributed by atoms with Gasteiger partial charge in [-0.2, -0.15) is 4.31 Å². The van der Waals surface area contributed by atoms with Crippen LogP contribution >= 0.6 is 0 Å². The van der Waals surface area contributed by atoms with E-state index in [4.69, 9.17) is 0 Å². The van der Waals surface area contributed by atoms with Gasteiger partial charge >= 0.3 is 0 Å². The number of hydrogen-bond acceptors (Lipinski definition) is 4. The first-order chi connectivity index (χ1) is 10.8. The van der Waals surface area contributed by atoms with E-state index in [1.807, 2.05) is 19.1 Å². The normalized spacial score (nSPS) is 28.3. The Balaban J connectivity index is 1.82. The molecule has 3 rings (SSSR count). The van der Waals surface area contributed by atoms with Crippen molar-refractivity contribution in [3.63, 3.8) is 0 Å². The van der Waals surface area contributed by atoms with Crippen LogP contribution in [0.15, 0.2) is 29.2 Å². The van der Waals surface area contributed by atoms with E-state index >= 15 is 0 Å². The van der Waals surface area contributed by atoms with Gasteiger partial charge in [-0.15, -0.1) is 0 Å². The van der Waals surface area contributed by atoms with Crippen molar-refractivity contribution in [1.82, 2.24) is 14.9 Å². The number of amides is 1. The molecule has 2 saturated heterocycles. The summed E-state index contributed by atoms with van der Waals surface area (Å²) in [6, 6.07) is 6.95. The molecule has 0 unspecified atom stereocenters. The molecule has 2 heterocycles. The van der Waals surface area contributed by atoms with Gasteiger partial charge in [0.1, 0.15) is 0 Å². The minimum Gasteiger partial charge on any atom is -0.349 e. The predicted molar refractivity (Wildman–Crippen MR) is 87.5 cm³/mol. The summed E-state index contributed by atoms with van der Waals surface area (Å²) >= 11 is 0. The van der Waals surface area contributed by atoms with Crippen molar-refractivity contribution in [3.8, 4) is 0 Å². The molecule has 0 aliphatic carbocycles. The highest BCUT2D eigenvalue weighted by Crippen LogP contribution is 2.33. The van der Waals surface area contributed by atoms with Gasteiger partial charge in [-0.1, -0.05) is 17.7 Å². The fraction of sp³-hybridized carbons (Fsp3) is 0.562. The maximum atomic E-state index is 12.8. The Morgan fingerprint density at radius 2 is 2.04 bits per heavy atom. The van der Waals surface area contributed by atoms with E-state index in [1.54, 1.807) is 16.4 Å². The van der Waals surface area contributed by atoms with E-state index in [0.717, 1.165) is 12.1 Å². The maximum absolute atomic E-state index is 12.8. The molecule has 1 aromatic carbocycles. The number of fused-ring (bicyclic) bond motifs is 1. The lowest BCUT2D eigenvalue weighted by Gasteiger charge is -2.43. The second-order valence-electron chi connectivity index (χ2n) is 6.59. The number of nitrogens with one attached hydrogen (secondary N) is 2. The summed E-state index contributed by atoms with van der Waals surface area (Å²) in [6.07, 6.45) is 0.634. The van der Waals surface area contributed by atoms with E-state index in [-0.39, 0.29) is 17.4 Å². The number of hydrogen-bond donors (Lipinski definition) is 2. The smallest absolute Gasteiger partial charge is 0.243 e. The summed E-state index contributed by atoms with van der Waals surface area (Å²) in [4.78, 5) is 11.8. The Labute approximate surface area is 137 Å². The third-order valence-corrected chi connectivity index (χ3v) is 6.81. The first kappa shape index (κ1) is 16.4. The van der Waals surface area contributed by atoms with Gasteiger partial charge in [0.15, 0.2) is 0 Å². The molecule has 23 heavy (non-hydrogen) atoms. The Bertz CT molecular complexity index is 702. The summed E-state index contributed by atoms with van der Waals surface area (Å²) in [5, 5.41) is 6.35. The number of benzene rings is 1. The van der Waals surface area contributed by atoms with Gasteiger partial charge in [0.05, 0.1) is 10.4 Å². The van der Waals surface area contributed by atoms with Crippen molar-refractivity contribution in [3.05, 3.63) is 29.8 Å². The lowest BCUT2D eigenvalue weighted by molar-refractivity contribution is -0.121. The highest BCUT2D eigenvalue weighted by Gasteiger charge is 2.49. The summed E-state index contributed by atoms with van der Waals surface area (Å²) in [5.41, 5.74) is 0.720. The third kappa shape index (κ3) is 3.00. The minimum absolute atomic E-state index is 0.0615. The number of sulfonamides is 1. The summed E-state index contributed by atoms with van der Waals surface area (Å²) in [5.74, 6) is 0.0360. The Kier molecular flexibility index (Phi) is 4.20. The SMILES string of the molecule is CC(=O)N[C@@]12CCN(S(=O)(=O)c3ccc(C)cc3)C[C@@H]1CNC2. The van der Waals surface area contributed by atoms with Crippen LogP contribution in [-0.2, 0) is 14.8 Å². The van der Waals surface area contributed by atoms with E-state index in [1.165, 1.54) is 6.92 Å². The predicted octanol–water partition coefficient (Wildman–Crippen LogP) is 0.484. The number of aryl methyl sites for hydroxylation is 1. The molecule has 2 aliphatic rings. The zero-order valence-corrected chi connectivity index (χ0v) is 14.3. The molecule has 2 aliphatic heterocycles. The summed E-state index contributed by atoms with van der Waals surface area (Å²) < 4.78 is 27.2. The number of carbonyl (C=O) groups is 1. The number of rotatable bonds is 3. The first-order valence-electron chi connectivity index (χ1n) is 7.90. The highest BCUT2D eigenvalue weighted by atomic mass is 32.2. The summed E-state index contributed by atoms with van der Waals surface area (Å²) in [6.45, 7) is 5.73. The molecular formula is C16H23N3O3S. The highest BCUT2D eigenvalue weighted by molar-refractivity contribution is 7.89. The van der Waals surface area contributed by atoms with Crippen LogP contribution in [0.2, 0.25) is 0 Å². The molecule has 0 spiro atoms. The van der Waals surface area contributed by atoms with Gasteiger partial charge in [-0.05, 0) is 25.5 Å². The Hall–Kier alpha value is -1.44. The van der Waals surface area contributed by atoms with Crippen molar-refractivity contribution in [2.45, 2.75) is 30.7 Å². The maximum Gasteiger partial charge on any atom is 0.243 e. The van der Waals surface area contributed by atoms with Crippen molar-refractivity contribution >= 4 is 15.9 Å². The van der Waals surface area contributed by atoms with Crippen LogP contribution in [0.1, 0.15) is 18.9 Å². The zero-order chi connectivity index (χ0) is 16.7. The van der Waals surface area contributed by atoms with E-state index in [9.17, 15) is 13.2 Å². The average molecular weight is 337 g/mol. The molecule has 2 fully saturated rings. The molecule has 0 saturated carbocycles. The van der Waals surface area contributed by atoms with Crippen molar-refractivity contribution in [2.24, 2.45) is 5.92 Å². The Morgan fingerprint density at radius 3 is 2.70 bits per heavy atom. The molecule has 126 valence electrons. The molecule has 2 atom stereocenters. The lowest BCUT2D eigenvalue weighted by Crippen LogP contribution is -2.61. The van der Waals surface area contributed by atoms with Gasteiger partial charge < -0.3 is 10.6 Å². The van der Waals surface area contributed by atoms with Crippen LogP contribution in [0.5, 0.6) is 0 Å². The molecule has 2 N–H and O–H groups in total. The van der Waals surface area contributed by atoms with Crippen molar-refractivity contribution in [1.29, 1.82) is 0 Å². The summed E-state index contributed by atoms with van der Waals surface area (Å²) in [7, 11) is -3.48. The molecule has 0 radical (unpaired) electrons. The molecular weight excluding hydrogens is 314 g/mol. The number of nitrogens with zero attached hydrogens (tertiary/aromatic N) is 1. The standard InChI is InChI=1S/C16H23N3O3S/c1-12-3-5-15(6-4-12)23(21,22)19-8-7-16(18-13(2)20)11-17-9-14(16)10-19/h3-6,14,17H,7-11H2,1-2H3,(H,18,20)/t14-,16+/m0/s1.